The number of ether oxygens (including phenoxy) is 1. The number of aliphatic imine (C=N–C) groups is 1. The van der Waals surface area contributed by atoms with Crippen molar-refractivity contribution in [3.63, 3.8) is 0 Å². The summed E-state index contributed by atoms with van der Waals surface area (Å²) in [4.78, 5) is 16.6. The third-order valence-corrected chi connectivity index (χ3v) is 4.53. The Bertz CT molecular complexity index is 1050. The first-order valence-corrected chi connectivity index (χ1v) is 8.78. The van der Waals surface area contributed by atoms with E-state index < -0.39 is 5.97 Å². The molecule has 5 heteroatoms. The second-order valence-electron chi connectivity index (χ2n) is 6.43. The van der Waals surface area contributed by atoms with Gasteiger partial charge in [0.05, 0.1) is 12.2 Å². The lowest BCUT2D eigenvalue weighted by Crippen LogP contribution is -2.05. The van der Waals surface area contributed by atoms with Gasteiger partial charge in [0, 0.05) is 16.8 Å². The fourth-order valence-electron chi connectivity index (χ4n) is 3.08. The quantitative estimate of drug-likeness (QED) is 0.526. The number of benzene rings is 2. The van der Waals surface area contributed by atoms with E-state index >= 15 is 0 Å². The van der Waals surface area contributed by atoms with Gasteiger partial charge in [-0.1, -0.05) is 48.5 Å². The monoisotopic (exact) mass is 357 g/mol. The van der Waals surface area contributed by atoms with Crippen LogP contribution in [0.15, 0.2) is 71.4 Å². The van der Waals surface area contributed by atoms with Crippen molar-refractivity contribution in [1.29, 1.82) is 0 Å². The molecule has 5 nitrogen and oxygen atoms in total. The van der Waals surface area contributed by atoms with Crippen LogP contribution in [0.3, 0.4) is 0 Å². The first-order chi connectivity index (χ1) is 13.1. The Morgan fingerprint density at radius 1 is 1.00 bits per heavy atom. The Balaban J connectivity index is 1.66. The SMILES string of the molecule is Cc1nn(Cc2ccccc2)c(C)c1C=C1N=C(c2ccccc2)OC1=O. The van der Waals surface area contributed by atoms with Crippen LogP contribution >= 0.6 is 0 Å². The van der Waals surface area contributed by atoms with Crippen LogP contribution in [0.2, 0.25) is 0 Å². The summed E-state index contributed by atoms with van der Waals surface area (Å²) in [6.45, 7) is 4.61. The predicted molar refractivity (Wildman–Crippen MR) is 104 cm³/mol. The molecule has 2 heterocycles. The van der Waals surface area contributed by atoms with Crippen LogP contribution in [0.1, 0.15) is 28.1 Å². The summed E-state index contributed by atoms with van der Waals surface area (Å²) < 4.78 is 7.27. The van der Waals surface area contributed by atoms with Gasteiger partial charge in [-0.15, -0.1) is 0 Å². The molecular formula is C22H19N3O2. The Labute approximate surface area is 157 Å². The second-order valence-corrected chi connectivity index (χ2v) is 6.43. The molecule has 4 rings (SSSR count). The molecule has 134 valence electrons. The average Bonchev–Trinajstić information content (AvgIpc) is 3.18. The number of hydrogen-bond acceptors (Lipinski definition) is 4. The van der Waals surface area contributed by atoms with Gasteiger partial charge in [0.2, 0.25) is 5.90 Å². The third kappa shape index (κ3) is 3.44. The van der Waals surface area contributed by atoms with Crippen molar-refractivity contribution in [3.8, 4) is 0 Å². The Kier molecular flexibility index (Phi) is 4.42. The fraction of sp³-hybridized carbons (Fsp3) is 0.136. The Morgan fingerprint density at radius 2 is 1.67 bits per heavy atom. The van der Waals surface area contributed by atoms with Gasteiger partial charge in [0.15, 0.2) is 5.70 Å². The Hall–Kier alpha value is -3.47. The van der Waals surface area contributed by atoms with E-state index in [0.29, 0.717) is 18.1 Å². The number of rotatable bonds is 4. The largest absolute Gasteiger partial charge is 0.402 e. The standard InChI is InChI=1S/C22H19N3O2/c1-15-19(16(2)25(24-15)14-17-9-5-3-6-10-17)13-20-22(26)27-21(23-20)18-11-7-4-8-12-18/h3-13H,14H2,1-2H3. The molecule has 0 saturated heterocycles. The minimum atomic E-state index is -0.441. The molecular weight excluding hydrogens is 338 g/mol. The van der Waals surface area contributed by atoms with E-state index in [-0.39, 0.29) is 0 Å². The van der Waals surface area contributed by atoms with E-state index in [1.54, 1.807) is 6.08 Å². The van der Waals surface area contributed by atoms with Gasteiger partial charge in [-0.05, 0) is 37.6 Å². The molecule has 1 aliphatic heterocycles. The molecule has 0 fully saturated rings. The third-order valence-electron chi connectivity index (χ3n) is 4.53. The smallest absolute Gasteiger partial charge is 0.363 e. The van der Waals surface area contributed by atoms with E-state index in [2.05, 4.69) is 22.2 Å². The molecule has 0 amide bonds. The van der Waals surface area contributed by atoms with E-state index in [1.165, 1.54) is 5.56 Å². The lowest BCUT2D eigenvalue weighted by molar-refractivity contribution is -0.129. The predicted octanol–water partition coefficient (Wildman–Crippen LogP) is 3.89. The highest BCUT2D eigenvalue weighted by atomic mass is 16.6. The summed E-state index contributed by atoms with van der Waals surface area (Å²) in [5, 5.41) is 4.62. The van der Waals surface area contributed by atoms with E-state index in [9.17, 15) is 4.79 Å². The number of carbonyl (C=O) groups is 1. The van der Waals surface area contributed by atoms with Crippen molar-refractivity contribution in [2.75, 3.05) is 0 Å². The minimum Gasteiger partial charge on any atom is -0.402 e. The van der Waals surface area contributed by atoms with Crippen molar-refractivity contribution in [1.82, 2.24) is 9.78 Å². The highest BCUT2D eigenvalue weighted by Gasteiger charge is 2.25. The number of nitrogens with zero attached hydrogens (tertiary/aromatic N) is 3. The molecule has 0 saturated carbocycles. The summed E-state index contributed by atoms with van der Waals surface area (Å²) in [6.07, 6.45) is 1.76. The van der Waals surface area contributed by atoms with Crippen molar-refractivity contribution in [3.05, 3.63) is 94.4 Å². The summed E-state index contributed by atoms with van der Waals surface area (Å²) in [6, 6.07) is 19.6. The zero-order valence-electron chi connectivity index (χ0n) is 15.2. The van der Waals surface area contributed by atoms with Gasteiger partial charge in [0.25, 0.3) is 0 Å². The maximum absolute atomic E-state index is 12.3. The first kappa shape index (κ1) is 17.0. The van der Waals surface area contributed by atoms with Crippen molar-refractivity contribution in [2.24, 2.45) is 4.99 Å². The summed E-state index contributed by atoms with van der Waals surface area (Å²) in [5.41, 5.74) is 4.98. The molecule has 1 aromatic heterocycles. The van der Waals surface area contributed by atoms with Crippen LogP contribution in [-0.2, 0) is 16.1 Å². The number of esters is 1. The van der Waals surface area contributed by atoms with Crippen molar-refractivity contribution < 1.29 is 9.53 Å². The Morgan fingerprint density at radius 3 is 2.37 bits per heavy atom. The van der Waals surface area contributed by atoms with Gasteiger partial charge in [0.1, 0.15) is 0 Å². The number of carbonyl (C=O) groups excluding carboxylic acids is 1. The lowest BCUT2D eigenvalue weighted by Gasteiger charge is -2.04. The summed E-state index contributed by atoms with van der Waals surface area (Å²) in [5.74, 6) is -0.109. The van der Waals surface area contributed by atoms with Crippen LogP contribution < -0.4 is 0 Å². The van der Waals surface area contributed by atoms with Crippen molar-refractivity contribution in [2.45, 2.75) is 20.4 Å². The first-order valence-electron chi connectivity index (χ1n) is 8.78. The van der Waals surface area contributed by atoms with E-state index in [0.717, 1.165) is 22.5 Å². The maximum Gasteiger partial charge on any atom is 0.363 e. The molecule has 2 aromatic carbocycles. The molecule has 0 bridgehead atoms. The van der Waals surface area contributed by atoms with Crippen LogP contribution in [0.5, 0.6) is 0 Å². The van der Waals surface area contributed by atoms with Crippen LogP contribution in [0.25, 0.3) is 6.08 Å². The number of aryl methyl sites for hydroxylation is 1. The van der Waals surface area contributed by atoms with Gasteiger partial charge < -0.3 is 4.74 Å². The second kappa shape index (κ2) is 7.03. The van der Waals surface area contributed by atoms with Gasteiger partial charge in [-0.25, -0.2) is 9.79 Å². The molecule has 27 heavy (non-hydrogen) atoms. The molecule has 0 spiro atoms. The summed E-state index contributed by atoms with van der Waals surface area (Å²) >= 11 is 0. The summed E-state index contributed by atoms with van der Waals surface area (Å²) in [7, 11) is 0. The molecule has 0 unspecified atom stereocenters. The van der Waals surface area contributed by atoms with Crippen LogP contribution in [0.4, 0.5) is 0 Å². The van der Waals surface area contributed by atoms with Gasteiger partial charge in [-0.2, -0.15) is 5.10 Å². The molecule has 0 atom stereocenters. The van der Waals surface area contributed by atoms with E-state index in [4.69, 9.17) is 4.74 Å². The molecule has 1 aliphatic rings. The molecule has 0 radical (unpaired) electrons. The van der Waals surface area contributed by atoms with Crippen molar-refractivity contribution >= 4 is 17.9 Å². The molecule has 3 aromatic rings. The number of cyclic esters (lactones) is 1. The normalized spacial score (nSPS) is 15.1. The highest BCUT2D eigenvalue weighted by Crippen LogP contribution is 2.23. The maximum atomic E-state index is 12.3. The average molecular weight is 357 g/mol. The zero-order chi connectivity index (χ0) is 18.8. The fourth-order valence-corrected chi connectivity index (χ4v) is 3.08. The number of hydrogen-bond donors (Lipinski definition) is 0. The molecule has 0 N–H and O–H groups in total. The topological polar surface area (TPSA) is 56.5 Å². The highest BCUT2D eigenvalue weighted by molar-refractivity contribution is 6.12. The molecule has 0 aliphatic carbocycles. The van der Waals surface area contributed by atoms with Gasteiger partial charge in [-0.3, -0.25) is 4.68 Å². The minimum absolute atomic E-state index is 0.291. The zero-order valence-corrected chi connectivity index (χ0v) is 15.2. The van der Waals surface area contributed by atoms with E-state index in [1.807, 2.05) is 67.1 Å². The lowest BCUT2D eigenvalue weighted by atomic mass is 10.1. The van der Waals surface area contributed by atoms with Crippen LogP contribution in [-0.4, -0.2) is 21.6 Å². The van der Waals surface area contributed by atoms with Gasteiger partial charge >= 0.3 is 5.97 Å². The van der Waals surface area contributed by atoms with Crippen LogP contribution in [0, 0.1) is 13.8 Å². The number of aromatic nitrogens is 2.